The largest absolute Gasteiger partial charge is 0.508 e. The molecule has 3 aromatic rings. The third-order valence-corrected chi connectivity index (χ3v) is 8.11. The van der Waals surface area contributed by atoms with E-state index in [-0.39, 0.29) is 41.9 Å². The summed E-state index contributed by atoms with van der Waals surface area (Å²) in [4.78, 5) is 35.4. The Balaban J connectivity index is 2.01. The summed E-state index contributed by atoms with van der Waals surface area (Å²) >= 11 is 0. The van der Waals surface area contributed by atoms with E-state index in [1.54, 1.807) is 24.1 Å². The molecule has 9 nitrogen and oxygen atoms in total. The summed E-state index contributed by atoms with van der Waals surface area (Å²) in [5, 5.41) is 13.4. The molecule has 3 N–H and O–H groups in total. The van der Waals surface area contributed by atoms with E-state index < -0.39 is 0 Å². The molecule has 0 aliphatic rings. The van der Waals surface area contributed by atoms with Gasteiger partial charge in [-0.1, -0.05) is 87.2 Å². The summed E-state index contributed by atoms with van der Waals surface area (Å²) in [6.07, 6.45) is 3.35. The number of hydrazine groups is 1. The van der Waals surface area contributed by atoms with Crippen molar-refractivity contribution in [2.24, 2.45) is 16.6 Å². The van der Waals surface area contributed by atoms with Gasteiger partial charge in [0.2, 0.25) is 11.9 Å². The van der Waals surface area contributed by atoms with Crippen molar-refractivity contribution < 1.29 is 14.7 Å². The van der Waals surface area contributed by atoms with E-state index in [9.17, 15) is 14.7 Å². The van der Waals surface area contributed by atoms with E-state index in [1.807, 2.05) is 91.5 Å². The number of para-hydroxylation sites is 1. The number of aromatic hydroxyl groups is 1. The van der Waals surface area contributed by atoms with Gasteiger partial charge in [-0.3, -0.25) is 14.6 Å². The molecular weight excluding hydrogens is 588 g/mol. The number of anilines is 1. The van der Waals surface area contributed by atoms with Crippen LogP contribution in [0, 0.1) is 5.92 Å². The van der Waals surface area contributed by atoms with Crippen LogP contribution in [0.4, 0.5) is 5.69 Å². The van der Waals surface area contributed by atoms with Crippen LogP contribution in [0.1, 0.15) is 56.4 Å². The zero-order valence-electron chi connectivity index (χ0n) is 28.9. The van der Waals surface area contributed by atoms with Crippen LogP contribution in [-0.4, -0.2) is 77.4 Å². The predicted molar refractivity (Wildman–Crippen MR) is 193 cm³/mol. The number of phenolic OH excluding ortho intramolecular Hbond substituents is 1. The molecule has 0 saturated carbocycles. The van der Waals surface area contributed by atoms with Crippen molar-refractivity contribution in [1.82, 2.24) is 14.9 Å². The number of carbonyl (C=O) groups excluding carboxylic acids is 2. The number of aliphatic imine (C=N–C) groups is 1. The van der Waals surface area contributed by atoms with Gasteiger partial charge in [0.15, 0.2) is 0 Å². The molecule has 0 saturated heterocycles. The molecule has 0 aromatic heterocycles. The first-order valence-corrected chi connectivity index (χ1v) is 16.3. The van der Waals surface area contributed by atoms with Crippen molar-refractivity contribution in [1.29, 1.82) is 0 Å². The first-order chi connectivity index (χ1) is 22.4. The summed E-state index contributed by atoms with van der Waals surface area (Å²) in [5.41, 5.74) is 11.7. The average molecular weight is 641 g/mol. The molecule has 252 valence electrons. The van der Waals surface area contributed by atoms with Crippen molar-refractivity contribution in [3.63, 3.8) is 0 Å². The number of nitrogens with zero attached hydrogens (tertiary/aromatic N) is 5. The Morgan fingerprint density at radius 2 is 1.66 bits per heavy atom. The van der Waals surface area contributed by atoms with Crippen LogP contribution in [0.2, 0.25) is 0 Å². The Hall–Kier alpha value is -4.63. The standard InChI is InChI=1S/C38H52N6O3/c1-8-22-41(6)36-33(9-2)16-13-17-34(36)27-43(37(47)28(3)23-31-18-20-35(46)21-19-31)25-29(4)44(42(7)26-30(5)45)38(39)40-24-32-14-11-10-12-15-32/h9-21,28-29,46H,2,8,22-27H2,1,3-7H3,(H2,39,40)/t28-,29+/m0/s1. The van der Waals surface area contributed by atoms with Gasteiger partial charge in [0, 0.05) is 45.3 Å². The highest BCUT2D eigenvalue weighted by molar-refractivity contribution is 5.81. The third kappa shape index (κ3) is 10.7. The summed E-state index contributed by atoms with van der Waals surface area (Å²) in [5.74, 6) is 0.105. The number of amides is 1. The van der Waals surface area contributed by atoms with Crippen LogP contribution in [-0.2, 0) is 29.1 Å². The van der Waals surface area contributed by atoms with Crippen molar-refractivity contribution in [2.75, 3.05) is 38.6 Å². The highest BCUT2D eigenvalue weighted by Gasteiger charge is 2.29. The lowest BCUT2D eigenvalue weighted by molar-refractivity contribution is -0.137. The number of ketones is 1. The normalized spacial score (nSPS) is 12.8. The first kappa shape index (κ1) is 36.8. The Labute approximate surface area is 281 Å². The lowest BCUT2D eigenvalue weighted by Crippen LogP contribution is -2.57. The number of carbonyl (C=O) groups is 2. The SMILES string of the molecule is C=Cc1cccc(CN(C[C@@H](C)N(C(N)=NCc2ccccc2)N(C)CC(C)=O)C(=O)[C@@H](C)Cc2ccc(O)cc2)c1N(C)CCC. The Morgan fingerprint density at radius 3 is 2.28 bits per heavy atom. The highest BCUT2D eigenvalue weighted by Crippen LogP contribution is 2.28. The van der Waals surface area contributed by atoms with Crippen molar-refractivity contribution in [3.05, 3.63) is 102 Å². The molecule has 0 spiro atoms. The van der Waals surface area contributed by atoms with Gasteiger partial charge in [0.25, 0.3) is 0 Å². The highest BCUT2D eigenvalue weighted by atomic mass is 16.3. The third-order valence-electron chi connectivity index (χ3n) is 8.11. The number of guanidine groups is 1. The monoisotopic (exact) mass is 640 g/mol. The molecule has 0 unspecified atom stereocenters. The Morgan fingerprint density at radius 1 is 0.979 bits per heavy atom. The smallest absolute Gasteiger partial charge is 0.226 e. The molecular formula is C38H52N6O3. The molecule has 0 heterocycles. The minimum atomic E-state index is -0.335. The van der Waals surface area contributed by atoms with E-state index in [1.165, 1.54) is 0 Å². The predicted octanol–water partition coefficient (Wildman–Crippen LogP) is 5.73. The topological polar surface area (TPSA) is 106 Å². The van der Waals surface area contributed by atoms with Crippen LogP contribution in [0.25, 0.3) is 6.08 Å². The summed E-state index contributed by atoms with van der Waals surface area (Å²) < 4.78 is 0. The molecule has 0 bridgehead atoms. The first-order valence-electron chi connectivity index (χ1n) is 16.3. The minimum Gasteiger partial charge on any atom is -0.508 e. The second-order valence-electron chi connectivity index (χ2n) is 12.3. The molecule has 9 heteroatoms. The van der Waals surface area contributed by atoms with E-state index in [4.69, 9.17) is 5.73 Å². The lowest BCUT2D eigenvalue weighted by Gasteiger charge is -2.40. The van der Waals surface area contributed by atoms with Crippen molar-refractivity contribution >= 4 is 29.4 Å². The maximum atomic E-state index is 14.4. The van der Waals surface area contributed by atoms with E-state index >= 15 is 0 Å². The van der Waals surface area contributed by atoms with Crippen LogP contribution in [0.15, 0.2) is 84.4 Å². The second-order valence-corrected chi connectivity index (χ2v) is 12.3. The zero-order chi connectivity index (χ0) is 34.5. The van der Waals surface area contributed by atoms with Gasteiger partial charge in [-0.15, -0.1) is 0 Å². The molecule has 0 aliphatic carbocycles. The zero-order valence-corrected chi connectivity index (χ0v) is 28.9. The number of hydrogen-bond acceptors (Lipinski definition) is 6. The van der Waals surface area contributed by atoms with Gasteiger partial charge in [-0.25, -0.2) is 10.0 Å². The quantitative estimate of drug-likeness (QED) is 0.110. The molecule has 0 aliphatic heterocycles. The Kier molecular flexibility index (Phi) is 14.0. The van der Waals surface area contributed by atoms with Crippen molar-refractivity contribution in [3.8, 4) is 5.75 Å². The number of hydrogen-bond donors (Lipinski definition) is 2. The number of likely N-dealkylation sites (N-methyl/N-ethyl adjacent to an activating group) is 1. The van der Waals surface area contributed by atoms with Gasteiger partial charge >= 0.3 is 0 Å². The van der Waals surface area contributed by atoms with Gasteiger partial charge in [-0.05, 0) is 61.1 Å². The maximum Gasteiger partial charge on any atom is 0.226 e. The van der Waals surface area contributed by atoms with E-state index in [0.717, 1.165) is 40.9 Å². The summed E-state index contributed by atoms with van der Waals surface area (Å²) in [6, 6.07) is 22.6. The number of benzene rings is 3. The minimum absolute atomic E-state index is 0.00741. The van der Waals surface area contributed by atoms with Crippen molar-refractivity contribution in [2.45, 2.75) is 59.7 Å². The molecule has 0 fully saturated rings. The Bertz CT molecular complexity index is 1490. The van der Waals surface area contributed by atoms with Gasteiger partial charge < -0.3 is 20.6 Å². The van der Waals surface area contributed by atoms with E-state index in [0.29, 0.717) is 26.1 Å². The van der Waals surface area contributed by atoms with Crippen LogP contribution < -0.4 is 10.6 Å². The number of rotatable bonds is 17. The fourth-order valence-electron chi connectivity index (χ4n) is 6.00. The molecule has 2 atom stereocenters. The average Bonchev–Trinajstić information content (AvgIpc) is 3.04. The van der Waals surface area contributed by atoms with E-state index in [2.05, 4.69) is 36.5 Å². The number of nitrogens with two attached hydrogens (primary N) is 1. The number of phenols is 1. The second kappa shape index (κ2) is 17.9. The molecule has 47 heavy (non-hydrogen) atoms. The molecule has 3 rings (SSSR count). The summed E-state index contributed by atoms with van der Waals surface area (Å²) in [6.45, 7) is 13.8. The fourth-order valence-corrected chi connectivity index (χ4v) is 6.00. The molecule has 1 amide bonds. The van der Waals surface area contributed by atoms with Gasteiger partial charge in [-0.2, -0.15) is 0 Å². The summed E-state index contributed by atoms with van der Waals surface area (Å²) in [7, 11) is 3.88. The lowest BCUT2D eigenvalue weighted by atomic mass is 9.98. The van der Waals surface area contributed by atoms with Gasteiger partial charge in [0.05, 0.1) is 19.1 Å². The number of Topliss-reactive ketones (excluding diaryl/α,β-unsaturated/α-hetero) is 1. The van der Waals surface area contributed by atoms with Crippen LogP contribution >= 0.6 is 0 Å². The molecule has 0 radical (unpaired) electrons. The van der Waals surface area contributed by atoms with Crippen LogP contribution in [0.5, 0.6) is 5.75 Å². The molecule has 3 aromatic carbocycles. The van der Waals surface area contributed by atoms with Crippen LogP contribution in [0.3, 0.4) is 0 Å². The maximum absolute atomic E-state index is 14.4. The van der Waals surface area contributed by atoms with Gasteiger partial charge in [0.1, 0.15) is 11.5 Å². The fraction of sp³-hybridized carbons (Fsp3) is 0.395.